The van der Waals surface area contributed by atoms with Gasteiger partial charge in [-0.1, -0.05) is 13.8 Å². The molecule has 0 aliphatic heterocycles. The van der Waals surface area contributed by atoms with Gasteiger partial charge in [0.2, 0.25) is 5.91 Å². The summed E-state index contributed by atoms with van der Waals surface area (Å²) in [5.74, 6) is -0.260. The number of carbonyl (C=O) groups is 1. The monoisotopic (exact) mass is 249 g/mol. The number of aromatic nitrogens is 1. The van der Waals surface area contributed by atoms with Crippen molar-refractivity contribution in [1.82, 2.24) is 4.57 Å². The topological polar surface area (TPSA) is 74.0 Å². The van der Waals surface area contributed by atoms with Gasteiger partial charge in [-0.25, -0.2) is 0 Å². The van der Waals surface area contributed by atoms with E-state index >= 15 is 0 Å². The third-order valence-corrected chi connectivity index (χ3v) is 3.85. The van der Waals surface area contributed by atoms with Crippen LogP contribution in [0.4, 0.5) is 0 Å². The lowest BCUT2D eigenvalue weighted by Gasteiger charge is -2.35. The molecule has 2 rings (SSSR count). The lowest BCUT2D eigenvalue weighted by Crippen LogP contribution is -2.31. The van der Waals surface area contributed by atoms with Gasteiger partial charge in [0.25, 0.3) is 0 Å². The van der Waals surface area contributed by atoms with Gasteiger partial charge >= 0.3 is 0 Å². The molecule has 1 heterocycles. The van der Waals surface area contributed by atoms with E-state index < -0.39 is 0 Å². The molecule has 2 atom stereocenters. The van der Waals surface area contributed by atoms with E-state index in [1.54, 1.807) is 0 Å². The van der Waals surface area contributed by atoms with Crippen molar-refractivity contribution in [3.63, 3.8) is 0 Å². The summed E-state index contributed by atoms with van der Waals surface area (Å²) >= 11 is 0. The molecule has 0 radical (unpaired) electrons. The fourth-order valence-electron chi connectivity index (χ4n) is 3.06. The summed E-state index contributed by atoms with van der Waals surface area (Å²) in [6.07, 6.45) is 4.43. The van der Waals surface area contributed by atoms with Crippen molar-refractivity contribution >= 4 is 5.91 Å². The number of nitrogens with zero attached hydrogens (tertiary/aromatic N) is 1. The number of amides is 1. The highest BCUT2D eigenvalue weighted by molar-refractivity contribution is 5.74. The van der Waals surface area contributed by atoms with Crippen LogP contribution in [0.3, 0.4) is 0 Å². The Morgan fingerprint density at radius 2 is 2.28 bits per heavy atom. The van der Waals surface area contributed by atoms with Crippen LogP contribution in [0.15, 0.2) is 12.3 Å². The van der Waals surface area contributed by atoms with Crippen molar-refractivity contribution in [2.75, 3.05) is 0 Å². The lowest BCUT2D eigenvalue weighted by atomic mass is 9.74. The molecular weight excluding hydrogens is 226 g/mol. The van der Waals surface area contributed by atoms with Crippen LogP contribution in [-0.2, 0) is 11.2 Å². The van der Waals surface area contributed by atoms with Gasteiger partial charge in [-0.05, 0) is 36.8 Å². The average Bonchev–Trinajstić information content (AvgIpc) is 2.58. The maximum absolute atomic E-state index is 11.0. The Morgan fingerprint density at radius 1 is 1.61 bits per heavy atom. The van der Waals surface area contributed by atoms with Gasteiger partial charge in [-0.2, -0.15) is 0 Å². The minimum absolute atomic E-state index is 0.103. The number of primary amides is 1. The number of fused-ring (bicyclic) bond motifs is 1. The number of hydrogen-bond donors (Lipinski definition) is 2. The van der Waals surface area contributed by atoms with Crippen LogP contribution in [0.1, 0.15) is 57.0 Å². The molecule has 0 aromatic carbocycles. The second-order valence-corrected chi connectivity index (χ2v) is 6.30. The normalized spacial score (nSPS) is 23.4. The zero-order valence-corrected chi connectivity index (χ0v) is 11.4. The van der Waals surface area contributed by atoms with Crippen LogP contribution >= 0.6 is 0 Å². The van der Waals surface area contributed by atoms with E-state index in [0.717, 1.165) is 12.8 Å². The van der Waals surface area contributed by atoms with E-state index in [1.165, 1.54) is 11.3 Å². The van der Waals surface area contributed by atoms with Crippen molar-refractivity contribution in [3.05, 3.63) is 23.5 Å². The third kappa shape index (κ3) is 2.43. The molecule has 0 saturated heterocycles. The smallest absolute Gasteiger partial charge is 0.219 e. The number of nitrogens with two attached hydrogens (primary N) is 2. The van der Waals surface area contributed by atoms with Crippen LogP contribution in [0.2, 0.25) is 0 Å². The first-order valence-electron chi connectivity index (χ1n) is 6.53. The van der Waals surface area contributed by atoms with Crippen molar-refractivity contribution in [1.29, 1.82) is 0 Å². The van der Waals surface area contributed by atoms with E-state index in [0.29, 0.717) is 6.42 Å². The molecule has 0 spiro atoms. The SMILES string of the molecule is CC(CC(N)=O)n1ccc2c1CC(C)(C)CC2N. The number of hydrogen-bond acceptors (Lipinski definition) is 2. The molecular formula is C14H23N3O. The molecule has 1 aromatic rings. The lowest BCUT2D eigenvalue weighted by molar-refractivity contribution is -0.118. The predicted octanol–water partition coefficient (Wildman–Crippen LogP) is 1.90. The van der Waals surface area contributed by atoms with Gasteiger partial charge in [-0.15, -0.1) is 0 Å². The molecule has 2 unspecified atom stereocenters. The largest absolute Gasteiger partial charge is 0.370 e. The second-order valence-electron chi connectivity index (χ2n) is 6.30. The van der Waals surface area contributed by atoms with Crippen LogP contribution < -0.4 is 11.5 Å². The first kappa shape index (κ1) is 13.1. The zero-order chi connectivity index (χ0) is 13.5. The fraction of sp³-hybridized carbons (Fsp3) is 0.643. The molecule has 4 heteroatoms. The van der Waals surface area contributed by atoms with Gasteiger partial charge in [-0.3, -0.25) is 4.79 Å². The quantitative estimate of drug-likeness (QED) is 0.858. The molecule has 4 nitrogen and oxygen atoms in total. The van der Waals surface area contributed by atoms with Gasteiger partial charge in [0.15, 0.2) is 0 Å². The molecule has 1 aliphatic rings. The highest BCUT2D eigenvalue weighted by Gasteiger charge is 2.33. The Kier molecular flexibility index (Phi) is 3.23. The molecule has 0 saturated carbocycles. The van der Waals surface area contributed by atoms with Crippen LogP contribution in [-0.4, -0.2) is 10.5 Å². The van der Waals surface area contributed by atoms with E-state index in [-0.39, 0.29) is 23.4 Å². The van der Waals surface area contributed by atoms with Crippen molar-refractivity contribution < 1.29 is 4.79 Å². The number of rotatable bonds is 3. The molecule has 1 amide bonds. The second kappa shape index (κ2) is 4.43. The summed E-state index contributed by atoms with van der Waals surface area (Å²) in [7, 11) is 0. The van der Waals surface area contributed by atoms with Crippen LogP contribution in [0, 0.1) is 5.41 Å². The Morgan fingerprint density at radius 3 is 2.89 bits per heavy atom. The fourth-order valence-corrected chi connectivity index (χ4v) is 3.06. The molecule has 1 aliphatic carbocycles. The summed E-state index contributed by atoms with van der Waals surface area (Å²) in [5, 5.41) is 0. The predicted molar refractivity (Wildman–Crippen MR) is 72.0 cm³/mol. The third-order valence-electron chi connectivity index (χ3n) is 3.85. The molecule has 18 heavy (non-hydrogen) atoms. The summed E-state index contributed by atoms with van der Waals surface area (Å²) in [6, 6.07) is 2.30. The number of carbonyl (C=O) groups excluding carboxylic acids is 1. The van der Waals surface area contributed by atoms with E-state index in [1.807, 2.05) is 13.1 Å². The maximum atomic E-state index is 11.0. The first-order valence-corrected chi connectivity index (χ1v) is 6.53. The highest BCUT2D eigenvalue weighted by atomic mass is 16.1. The van der Waals surface area contributed by atoms with E-state index in [4.69, 9.17) is 11.5 Å². The highest BCUT2D eigenvalue weighted by Crippen LogP contribution is 2.40. The zero-order valence-electron chi connectivity index (χ0n) is 11.4. The minimum atomic E-state index is -0.260. The van der Waals surface area contributed by atoms with Gasteiger partial charge in [0.05, 0.1) is 0 Å². The van der Waals surface area contributed by atoms with Crippen LogP contribution in [0.25, 0.3) is 0 Å². The van der Waals surface area contributed by atoms with Crippen molar-refractivity contribution in [3.8, 4) is 0 Å². The molecule has 100 valence electrons. The summed E-state index contributed by atoms with van der Waals surface area (Å²) in [4.78, 5) is 11.0. The Bertz CT molecular complexity index is 462. The standard InChI is InChI=1S/C14H23N3O/c1-9(6-13(16)18)17-5-4-10-11(15)7-14(2,3)8-12(10)17/h4-5,9,11H,6-8,15H2,1-3H3,(H2,16,18). The van der Waals surface area contributed by atoms with Crippen LogP contribution in [0.5, 0.6) is 0 Å². The Hall–Kier alpha value is -1.29. The van der Waals surface area contributed by atoms with Gasteiger partial charge in [0, 0.05) is 30.4 Å². The Labute approximate surface area is 108 Å². The van der Waals surface area contributed by atoms with Crippen molar-refractivity contribution in [2.45, 2.75) is 52.1 Å². The molecule has 1 aromatic heterocycles. The van der Waals surface area contributed by atoms with E-state index in [9.17, 15) is 4.79 Å². The maximum Gasteiger partial charge on any atom is 0.219 e. The van der Waals surface area contributed by atoms with Crippen molar-refractivity contribution in [2.24, 2.45) is 16.9 Å². The molecule has 0 fully saturated rings. The average molecular weight is 249 g/mol. The minimum Gasteiger partial charge on any atom is -0.370 e. The van der Waals surface area contributed by atoms with Gasteiger partial charge in [0.1, 0.15) is 0 Å². The summed E-state index contributed by atoms with van der Waals surface area (Å²) < 4.78 is 2.17. The summed E-state index contributed by atoms with van der Waals surface area (Å²) in [6.45, 7) is 6.51. The molecule has 4 N–H and O–H groups in total. The molecule has 0 bridgehead atoms. The Balaban J connectivity index is 2.33. The summed E-state index contributed by atoms with van der Waals surface area (Å²) in [5.41, 5.74) is 14.2. The van der Waals surface area contributed by atoms with Gasteiger partial charge < -0.3 is 16.0 Å². The van der Waals surface area contributed by atoms with E-state index in [2.05, 4.69) is 24.5 Å². The first-order chi connectivity index (χ1) is 8.30.